The number of carboxylic acids is 1. The fraction of sp³-hybridized carbons (Fsp3) is 0.353. The molecule has 1 saturated heterocycles. The van der Waals surface area contributed by atoms with E-state index in [1.54, 1.807) is 6.20 Å². The Morgan fingerprint density at radius 3 is 2.96 bits per heavy atom. The largest absolute Gasteiger partial charge is 0.481 e. The molecular weight excluding hydrogens is 294 g/mol. The molecule has 23 heavy (non-hydrogen) atoms. The predicted molar refractivity (Wildman–Crippen MR) is 85.9 cm³/mol. The first-order valence-corrected chi connectivity index (χ1v) is 7.74. The first kappa shape index (κ1) is 15.4. The third kappa shape index (κ3) is 3.65. The number of carbonyl (C=O) groups excluding carboxylic acids is 1. The van der Waals surface area contributed by atoms with Crippen LogP contribution in [0.1, 0.15) is 30.9 Å². The van der Waals surface area contributed by atoms with Crippen molar-refractivity contribution in [1.82, 2.24) is 15.6 Å². The van der Waals surface area contributed by atoms with Crippen LogP contribution in [0.25, 0.3) is 10.9 Å². The summed E-state index contributed by atoms with van der Waals surface area (Å²) in [6, 6.07) is 8.69. The summed E-state index contributed by atoms with van der Waals surface area (Å²) in [5, 5.41) is 16.0. The molecule has 1 aliphatic heterocycles. The molecule has 1 amide bonds. The minimum atomic E-state index is -0.956. The number of aliphatic carboxylic acids is 1. The lowest BCUT2D eigenvalue weighted by Gasteiger charge is -2.20. The number of aromatic nitrogens is 1. The third-order valence-corrected chi connectivity index (χ3v) is 4.09. The van der Waals surface area contributed by atoms with E-state index >= 15 is 0 Å². The minimum Gasteiger partial charge on any atom is -0.481 e. The molecule has 3 N–H and O–H groups in total. The van der Waals surface area contributed by atoms with E-state index in [4.69, 9.17) is 5.11 Å². The van der Waals surface area contributed by atoms with Crippen LogP contribution in [-0.2, 0) is 9.59 Å². The molecule has 6 nitrogen and oxygen atoms in total. The van der Waals surface area contributed by atoms with Gasteiger partial charge in [0.2, 0.25) is 5.91 Å². The van der Waals surface area contributed by atoms with Crippen molar-refractivity contribution in [2.75, 3.05) is 6.54 Å². The fourth-order valence-corrected chi connectivity index (χ4v) is 2.89. The Hall–Kier alpha value is -2.47. The first-order chi connectivity index (χ1) is 11.1. The monoisotopic (exact) mass is 313 g/mol. The van der Waals surface area contributed by atoms with Gasteiger partial charge in [-0.25, -0.2) is 0 Å². The summed E-state index contributed by atoms with van der Waals surface area (Å²) in [5.41, 5.74) is 1.55. The molecule has 2 atom stereocenters. The summed E-state index contributed by atoms with van der Waals surface area (Å²) < 4.78 is 0. The van der Waals surface area contributed by atoms with Crippen LogP contribution in [0.15, 0.2) is 36.5 Å². The first-order valence-electron chi connectivity index (χ1n) is 7.74. The predicted octanol–water partition coefficient (Wildman–Crippen LogP) is 1.62. The highest BCUT2D eigenvalue weighted by atomic mass is 16.4. The Labute approximate surface area is 133 Å². The Morgan fingerprint density at radius 1 is 1.39 bits per heavy atom. The minimum absolute atomic E-state index is 0.151. The van der Waals surface area contributed by atoms with Crippen LogP contribution in [-0.4, -0.2) is 34.6 Å². The van der Waals surface area contributed by atoms with E-state index < -0.39 is 12.0 Å². The molecule has 0 aliphatic carbocycles. The maximum absolute atomic E-state index is 12.3. The Kier molecular flexibility index (Phi) is 4.52. The van der Waals surface area contributed by atoms with E-state index in [0.29, 0.717) is 5.56 Å². The zero-order valence-electron chi connectivity index (χ0n) is 12.7. The van der Waals surface area contributed by atoms with E-state index in [2.05, 4.69) is 15.6 Å². The molecule has 0 saturated carbocycles. The van der Waals surface area contributed by atoms with Gasteiger partial charge in [-0.15, -0.1) is 0 Å². The lowest BCUT2D eigenvalue weighted by atomic mass is 10.0. The van der Waals surface area contributed by atoms with Crippen LogP contribution in [0, 0.1) is 0 Å². The molecule has 1 aromatic heterocycles. The second-order valence-corrected chi connectivity index (χ2v) is 5.77. The molecule has 1 fully saturated rings. The number of amides is 1. The number of pyridine rings is 1. The van der Waals surface area contributed by atoms with Crippen molar-refractivity contribution in [1.29, 1.82) is 0 Å². The molecule has 1 unspecified atom stereocenters. The molecule has 0 bridgehead atoms. The quantitative estimate of drug-likeness (QED) is 0.780. The summed E-state index contributed by atoms with van der Waals surface area (Å²) in [4.78, 5) is 27.8. The van der Waals surface area contributed by atoms with Crippen molar-refractivity contribution in [2.45, 2.75) is 31.3 Å². The van der Waals surface area contributed by atoms with E-state index in [1.165, 1.54) is 0 Å². The second-order valence-electron chi connectivity index (χ2n) is 5.77. The third-order valence-electron chi connectivity index (χ3n) is 4.09. The van der Waals surface area contributed by atoms with Crippen molar-refractivity contribution in [2.24, 2.45) is 0 Å². The van der Waals surface area contributed by atoms with Crippen LogP contribution < -0.4 is 10.6 Å². The van der Waals surface area contributed by atoms with Crippen LogP contribution in [0.5, 0.6) is 0 Å². The Balaban J connectivity index is 1.84. The van der Waals surface area contributed by atoms with Crippen molar-refractivity contribution >= 4 is 22.8 Å². The van der Waals surface area contributed by atoms with E-state index in [0.717, 1.165) is 30.3 Å². The van der Waals surface area contributed by atoms with E-state index in [1.807, 2.05) is 30.3 Å². The highest BCUT2D eigenvalue weighted by molar-refractivity contribution is 5.84. The van der Waals surface area contributed by atoms with Gasteiger partial charge in [0, 0.05) is 11.6 Å². The van der Waals surface area contributed by atoms with Crippen molar-refractivity contribution < 1.29 is 14.7 Å². The van der Waals surface area contributed by atoms with Gasteiger partial charge in [-0.2, -0.15) is 0 Å². The molecule has 120 valence electrons. The smallest absolute Gasteiger partial charge is 0.305 e. The number of nitrogens with zero attached hydrogens (tertiary/aromatic N) is 1. The van der Waals surface area contributed by atoms with Crippen molar-refractivity contribution in [3.8, 4) is 0 Å². The van der Waals surface area contributed by atoms with Gasteiger partial charge >= 0.3 is 5.97 Å². The Bertz CT molecular complexity index is 726. The normalized spacial score (nSPS) is 18.7. The van der Waals surface area contributed by atoms with Gasteiger partial charge in [0.25, 0.3) is 0 Å². The van der Waals surface area contributed by atoms with Crippen molar-refractivity contribution in [3.05, 3.63) is 42.1 Å². The van der Waals surface area contributed by atoms with Crippen LogP contribution >= 0.6 is 0 Å². The number of para-hydroxylation sites is 1. The average molecular weight is 313 g/mol. The summed E-state index contributed by atoms with van der Waals surface area (Å²) >= 11 is 0. The van der Waals surface area contributed by atoms with Gasteiger partial charge in [0.05, 0.1) is 24.0 Å². The molecule has 0 radical (unpaired) electrons. The number of nitrogens with one attached hydrogen (secondary N) is 2. The highest BCUT2D eigenvalue weighted by Crippen LogP contribution is 2.21. The zero-order valence-corrected chi connectivity index (χ0v) is 12.7. The molecule has 0 spiro atoms. The summed E-state index contributed by atoms with van der Waals surface area (Å²) in [7, 11) is 0. The topological polar surface area (TPSA) is 91.3 Å². The number of carboxylic acid groups (broad SMARTS) is 1. The molecule has 1 aliphatic rings. The summed E-state index contributed by atoms with van der Waals surface area (Å²) in [5.74, 6) is -1.11. The van der Waals surface area contributed by atoms with Gasteiger partial charge < -0.3 is 15.7 Å². The molecule has 1 aromatic carbocycles. The van der Waals surface area contributed by atoms with Crippen LogP contribution in [0.3, 0.4) is 0 Å². The van der Waals surface area contributed by atoms with Gasteiger partial charge in [-0.05, 0) is 37.1 Å². The number of hydrogen-bond acceptors (Lipinski definition) is 4. The lowest BCUT2D eigenvalue weighted by Crippen LogP contribution is -2.42. The highest BCUT2D eigenvalue weighted by Gasteiger charge is 2.26. The Morgan fingerprint density at radius 2 is 2.22 bits per heavy atom. The van der Waals surface area contributed by atoms with E-state index in [9.17, 15) is 9.59 Å². The van der Waals surface area contributed by atoms with Gasteiger partial charge in [0.1, 0.15) is 0 Å². The molecule has 2 aromatic rings. The number of hydrogen-bond donors (Lipinski definition) is 3. The molecular formula is C17H19N3O3. The molecule has 2 heterocycles. The number of rotatable bonds is 5. The molecule has 3 rings (SSSR count). The SMILES string of the molecule is O=C(O)C[C@@H](NC(=O)C1CCCN1)c1cnc2ccccc2c1. The summed E-state index contributed by atoms with van der Waals surface area (Å²) in [6.07, 6.45) is 3.21. The maximum atomic E-state index is 12.3. The number of benzene rings is 1. The van der Waals surface area contributed by atoms with Gasteiger partial charge in [-0.1, -0.05) is 18.2 Å². The number of carbonyl (C=O) groups is 2. The standard InChI is InChI=1S/C17H19N3O3/c21-16(22)9-15(20-17(23)14-6-3-7-18-14)12-8-11-4-1-2-5-13(11)19-10-12/h1-2,4-5,8,10,14-15,18H,3,6-7,9H2,(H,20,23)(H,21,22)/t14?,15-/m1/s1. The summed E-state index contributed by atoms with van der Waals surface area (Å²) in [6.45, 7) is 0.819. The molecule has 6 heteroatoms. The van der Waals surface area contributed by atoms with E-state index in [-0.39, 0.29) is 18.4 Å². The van der Waals surface area contributed by atoms with Gasteiger partial charge in [-0.3, -0.25) is 14.6 Å². The number of fused-ring (bicyclic) bond motifs is 1. The van der Waals surface area contributed by atoms with Gasteiger partial charge in [0.15, 0.2) is 0 Å². The zero-order chi connectivity index (χ0) is 16.2. The van der Waals surface area contributed by atoms with Crippen LogP contribution in [0.4, 0.5) is 0 Å². The van der Waals surface area contributed by atoms with Crippen LogP contribution in [0.2, 0.25) is 0 Å². The average Bonchev–Trinajstić information content (AvgIpc) is 3.08. The second kappa shape index (κ2) is 6.75. The lowest BCUT2D eigenvalue weighted by molar-refractivity contribution is -0.137. The fourth-order valence-electron chi connectivity index (χ4n) is 2.89. The maximum Gasteiger partial charge on any atom is 0.305 e. The van der Waals surface area contributed by atoms with Crippen molar-refractivity contribution in [3.63, 3.8) is 0 Å².